The molecule has 0 spiro atoms. The number of rotatable bonds is 2. The number of fused-ring (bicyclic) bond motifs is 3. The van der Waals surface area contributed by atoms with Gasteiger partial charge >= 0.3 is 0 Å². The number of likely N-dealkylation sites (N-methyl/N-ethyl adjacent to an activating group) is 1. The van der Waals surface area contributed by atoms with Gasteiger partial charge < -0.3 is 5.11 Å². The highest BCUT2D eigenvalue weighted by Gasteiger charge is 2.35. The highest BCUT2D eigenvalue weighted by Crippen LogP contribution is 2.45. The second-order valence-corrected chi connectivity index (χ2v) is 4.87. The van der Waals surface area contributed by atoms with Gasteiger partial charge in [0.25, 0.3) is 0 Å². The van der Waals surface area contributed by atoms with Crippen LogP contribution < -0.4 is 0 Å². The summed E-state index contributed by atoms with van der Waals surface area (Å²) in [5.41, 5.74) is 3.85. The molecule has 2 aromatic rings. The van der Waals surface area contributed by atoms with Crippen molar-refractivity contribution in [1.29, 1.82) is 0 Å². The Bertz CT molecular complexity index is 599. The molecular weight excluding hydrogens is 238 g/mol. The topological polar surface area (TPSA) is 49.2 Å². The summed E-state index contributed by atoms with van der Waals surface area (Å²) in [5.74, 6) is 0. The Morgan fingerprint density at radius 2 is 2.11 bits per heavy atom. The van der Waals surface area contributed by atoms with Crippen molar-refractivity contribution in [2.75, 3.05) is 13.6 Å². The van der Waals surface area contributed by atoms with Gasteiger partial charge in [0.15, 0.2) is 0 Å². The lowest BCUT2D eigenvalue weighted by molar-refractivity contribution is 0.0629. The summed E-state index contributed by atoms with van der Waals surface area (Å²) in [6.45, 7) is 2.96. The number of aliphatic hydroxyl groups excluding tert-OH is 1. The first-order valence-corrected chi connectivity index (χ1v) is 6.51. The predicted molar refractivity (Wildman–Crippen MR) is 73.5 cm³/mol. The summed E-state index contributed by atoms with van der Waals surface area (Å²) in [7, 11) is 2.02. The maximum atomic E-state index is 10.7. The molecule has 0 fully saturated rings. The fourth-order valence-electron chi connectivity index (χ4n) is 2.76. The average Bonchev–Trinajstić information content (AvgIpc) is 2.47. The van der Waals surface area contributed by atoms with E-state index < -0.39 is 6.10 Å². The molecule has 0 saturated heterocycles. The van der Waals surface area contributed by atoms with E-state index in [9.17, 15) is 5.11 Å². The molecule has 2 atom stereocenters. The van der Waals surface area contributed by atoms with Gasteiger partial charge in [0.05, 0.1) is 17.8 Å². The number of aromatic nitrogens is 2. The molecule has 2 aromatic heterocycles. The van der Waals surface area contributed by atoms with Gasteiger partial charge in [-0.05, 0) is 36.9 Å². The molecule has 1 aliphatic rings. The molecule has 0 aliphatic heterocycles. The Hall–Kier alpha value is -1.78. The largest absolute Gasteiger partial charge is 0.386 e. The summed E-state index contributed by atoms with van der Waals surface area (Å²) >= 11 is 0. The van der Waals surface area contributed by atoms with Crippen LogP contribution in [0.3, 0.4) is 0 Å². The van der Waals surface area contributed by atoms with Crippen molar-refractivity contribution in [3.8, 4) is 11.3 Å². The average molecular weight is 255 g/mol. The molecule has 1 aliphatic carbocycles. The zero-order chi connectivity index (χ0) is 13.4. The summed E-state index contributed by atoms with van der Waals surface area (Å²) < 4.78 is 0. The predicted octanol–water partition coefficient (Wildman–Crippen LogP) is 2.18. The molecule has 0 aromatic carbocycles. The lowest BCUT2D eigenvalue weighted by Crippen LogP contribution is -2.32. The van der Waals surface area contributed by atoms with Gasteiger partial charge in [-0.2, -0.15) is 0 Å². The fourth-order valence-corrected chi connectivity index (χ4v) is 2.76. The summed E-state index contributed by atoms with van der Waals surface area (Å²) in [4.78, 5) is 10.8. The third-order valence-corrected chi connectivity index (χ3v) is 3.86. The van der Waals surface area contributed by atoms with Gasteiger partial charge in [0.1, 0.15) is 0 Å². The van der Waals surface area contributed by atoms with E-state index in [-0.39, 0.29) is 6.04 Å². The van der Waals surface area contributed by atoms with Gasteiger partial charge in [0.2, 0.25) is 0 Å². The molecule has 1 N–H and O–H groups in total. The van der Waals surface area contributed by atoms with E-state index in [1.165, 1.54) is 0 Å². The number of hydrogen-bond donors (Lipinski definition) is 1. The van der Waals surface area contributed by atoms with Crippen molar-refractivity contribution in [2.45, 2.75) is 19.1 Å². The Morgan fingerprint density at radius 1 is 1.26 bits per heavy atom. The van der Waals surface area contributed by atoms with Gasteiger partial charge in [-0.15, -0.1) is 0 Å². The smallest absolute Gasteiger partial charge is 0.0995 e. The molecule has 98 valence electrons. The van der Waals surface area contributed by atoms with Crippen LogP contribution >= 0.6 is 0 Å². The van der Waals surface area contributed by atoms with E-state index in [4.69, 9.17) is 0 Å². The van der Waals surface area contributed by atoms with E-state index >= 15 is 0 Å². The Balaban J connectivity index is 2.23. The highest BCUT2D eigenvalue weighted by atomic mass is 16.3. The summed E-state index contributed by atoms with van der Waals surface area (Å²) in [6.07, 6.45) is 4.75. The van der Waals surface area contributed by atoms with Gasteiger partial charge in [-0.3, -0.25) is 14.9 Å². The van der Waals surface area contributed by atoms with E-state index in [2.05, 4.69) is 21.8 Å². The van der Waals surface area contributed by atoms with E-state index in [0.29, 0.717) is 0 Å². The van der Waals surface area contributed by atoms with Crippen LogP contribution in [0.15, 0.2) is 36.8 Å². The van der Waals surface area contributed by atoms with E-state index in [0.717, 1.165) is 28.9 Å². The second kappa shape index (κ2) is 4.72. The third-order valence-electron chi connectivity index (χ3n) is 3.86. The monoisotopic (exact) mass is 255 g/mol. The van der Waals surface area contributed by atoms with Gasteiger partial charge in [-0.25, -0.2) is 0 Å². The number of hydrogen-bond acceptors (Lipinski definition) is 4. The molecule has 0 radical (unpaired) electrons. The van der Waals surface area contributed by atoms with Crippen LogP contribution in [0.5, 0.6) is 0 Å². The Labute approximate surface area is 112 Å². The van der Waals surface area contributed by atoms with Crippen LogP contribution in [0.2, 0.25) is 0 Å². The number of nitrogens with zero attached hydrogens (tertiary/aromatic N) is 3. The molecule has 0 bridgehead atoms. The van der Waals surface area contributed by atoms with Crippen LogP contribution in [-0.2, 0) is 0 Å². The minimum atomic E-state index is -0.542. The van der Waals surface area contributed by atoms with Crippen LogP contribution in [0.25, 0.3) is 11.3 Å². The Morgan fingerprint density at radius 3 is 2.89 bits per heavy atom. The van der Waals surface area contributed by atoms with Crippen molar-refractivity contribution < 1.29 is 5.11 Å². The molecule has 0 saturated carbocycles. The zero-order valence-electron chi connectivity index (χ0n) is 11.1. The SMILES string of the molecule is CCN(C)C1c2cccnc2-c2cnccc2C1O. The van der Waals surface area contributed by atoms with Crippen LogP contribution in [0, 0.1) is 0 Å². The normalized spacial score (nSPS) is 21.1. The van der Waals surface area contributed by atoms with Crippen LogP contribution in [0.4, 0.5) is 0 Å². The number of pyridine rings is 2. The molecule has 4 nitrogen and oxygen atoms in total. The van der Waals surface area contributed by atoms with Gasteiger partial charge in [-0.1, -0.05) is 13.0 Å². The van der Waals surface area contributed by atoms with E-state index in [1.807, 2.05) is 25.2 Å². The van der Waals surface area contributed by atoms with Crippen molar-refractivity contribution in [2.24, 2.45) is 0 Å². The number of aliphatic hydroxyl groups is 1. The summed E-state index contributed by atoms with van der Waals surface area (Å²) in [5, 5.41) is 10.7. The standard InChI is InChI=1S/C15H17N3O/c1-3-18(2)14-11-5-4-7-17-13(11)12-9-16-8-6-10(12)15(14)19/h4-9,14-15,19H,3H2,1-2H3. The van der Waals surface area contributed by atoms with Crippen LogP contribution in [-0.4, -0.2) is 33.6 Å². The van der Waals surface area contributed by atoms with Crippen molar-refractivity contribution in [3.05, 3.63) is 47.9 Å². The zero-order valence-corrected chi connectivity index (χ0v) is 11.1. The molecule has 2 unspecified atom stereocenters. The van der Waals surface area contributed by atoms with E-state index in [1.54, 1.807) is 18.6 Å². The first-order valence-electron chi connectivity index (χ1n) is 6.51. The molecular formula is C15H17N3O. The molecule has 4 heteroatoms. The van der Waals surface area contributed by atoms with Crippen LogP contribution in [0.1, 0.15) is 30.2 Å². The lowest BCUT2D eigenvalue weighted by atomic mass is 9.83. The highest BCUT2D eigenvalue weighted by molar-refractivity contribution is 5.70. The maximum absolute atomic E-state index is 10.7. The third kappa shape index (κ3) is 1.84. The molecule has 19 heavy (non-hydrogen) atoms. The second-order valence-electron chi connectivity index (χ2n) is 4.87. The van der Waals surface area contributed by atoms with Crippen molar-refractivity contribution in [3.63, 3.8) is 0 Å². The quantitative estimate of drug-likeness (QED) is 0.893. The minimum Gasteiger partial charge on any atom is -0.386 e. The minimum absolute atomic E-state index is 0.0522. The molecule has 3 rings (SSSR count). The van der Waals surface area contributed by atoms with Crippen molar-refractivity contribution >= 4 is 0 Å². The lowest BCUT2D eigenvalue weighted by Gasteiger charge is -2.36. The first-order chi connectivity index (χ1) is 9.24. The molecule has 2 heterocycles. The molecule has 0 amide bonds. The fraction of sp³-hybridized carbons (Fsp3) is 0.333. The first kappa shape index (κ1) is 12.3. The summed E-state index contributed by atoms with van der Waals surface area (Å²) in [6, 6.07) is 5.79. The maximum Gasteiger partial charge on any atom is 0.0995 e. The Kier molecular flexibility index (Phi) is 3.05. The van der Waals surface area contributed by atoms with Gasteiger partial charge in [0, 0.05) is 24.2 Å². The van der Waals surface area contributed by atoms with Crippen molar-refractivity contribution in [1.82, 2.24) is 14.9 Å².